The van der Waals surface area contributed by atoms with Crippen LogP contribution >= 0.6 is 0 Å². The van der Waals surface area contributed by atoms with Crippen molar-refractivity contribution in [2.45, 2.75) is 37.7 Å². The highest BCUT2D eigenvalue weighted by atomic mass is 32.2. The van der Waals surface area contributed by atoms with Crippen LogP contribution in [0, 0.1) is 5.92 Å². The van der Waals surface area contributed by atoms with Gasteiger partial charge in [0.2, 0.25) is 10.0 Å². The van der Waals surface area contributed by atoms with Gasteiger partial charge in [-0.3, -0.25) is 14.4 Å². The number of para-hydroxylation sites is 1. The van der Waals surface area contributed by atoms with Gasteiger partial charge in [-0.25, -0.2) is 8.42 Å². The van der Waals surface area contributed by atoms with Crippen LogP contribution in [-0.4, -0.2) is 56.7 Å². The molecule has 2 aromatic rings. The molecule has 9 nitrogen and oxygen atoms in total. The van der Waals surface area contributed by atoms with Crippen molar-refractivity contribution in [2.24, 2.45) is 5.92 Å². The van der Waals surface area contributed by atoms with Crippen molar-refractivity contribution in [3.05, 3.63) is 54.1 Å². The van der Waals surface area contributed by atoms with Gasteiger partial charge >= 0.3 is 5.97 Å². The number of nitrogens with one attached hydrogen (secondary N) is 1. The summed E-state index contributed by atoms with van der Waals surface area (Å²) in [5, 5.41) is 2.62. The van der Waals surface area contributed by atoms with Gasteiger partial charge in [0, 0.05) is 18.7 Å². The molecule has 0 spiro atoms. The van der Waals surface area contributed by atoms with E-state index < -0.39 is 33.9 Å². The highest BCUT2D eigenvalue weighted by Gasteiger charge is 2.34. The number of anilines is 1. The number of amides is 1. The highest BCUT2D eigenvalue weighted by Crippen LogP contribution is 2.26. The molecule has 1 aliphatic heterocycles. The summed E-state index contributed by atoms with van der Waals surface area (Å²) in [6.45, 7) is 3.18. The predicted molar refractivity (Wildman–Crippen MR) is 125 cm³/mol. The lowest BCUT2D eigenvalue weighted by molar-refractivity contribution is -0.158. The molecule has 0 radical (unpaired) electrons. The van der Waals surface area contributed by atoms with Crippen LogP contribution < -0.4 is 10.1 Å². The van der Waals surface area contributed by atoms with E-state index in [0.29, 0.717) is 17.0 Å². The van der Waals surface area contributed by atoms with Crippen molar-refractivity contribution < 1.29 is 32.3 Å². The summed E-state index contributed by atoms with van der Waals surface area (Å²) in [4.78, 5) is 37.0. The number of carbonyl (C=O) groups excluding carboxylic acids is 3. The van der Waals surface area contributed by atoms with Crippen molar-refractivity contribution in [3.8, 4) is 5.75 Å². The minimum atomic E-state index is -3.68. The highest BCUT2D eigenvalue weighted by molar-refractivity contribution is 7.89. The normalized spacial score (nSPS) is 15.9. The Balaban J connectivity index is 1.55. The maximum absolute atomic E-state index is 12.9. The first kappa shape index (κ1) is 25.4. The lowest BCUT2D eigenvalue weighted by atomic mass is 9.98. The zero-order valence-corrected chi connectivity index (χ0v) is 20.1. The van der Waals surface area contributed by atoms with Crippen LogP contribution in [0.25, 0.3) is 0 Å². The molecule has 0 bridgehead atoms. The molecule has 10 heteroatoms. The monoisotopic (exact) mass is 488 g/mol. The van der Waals surface area contributed by atoms with Crippen LogP contribution in [0.5, 0.6) is 5.75 Å². The molecule has 1 aliphatic rings. The number of sulfonamides is 1. The summed E-state index contributed by atoms with van der Waals surface area (Å²) >= 11 is 0. The fourth-order valence-electron chi connectivity index (χ4n) is 3.69. The number of benzene rings is 2. The maximum atomic E-state index is 12.9. The first-order valence-electron chi connectivity index (χ1n) is 10.9. The standard InChI is InChI=1S/C24H28N2O7S/c1-16(27)21-6-4-5-7-22(21)25-23(28)17(2)33-24(29)18-12-14-26(15-13-18)34(30,31)20-10-8-19(32-3)9-11-20/h4-11,17-18H,12-15H2,1-3H3,(H,25,28). The van der Waals surface area contributed by atoms with E-state index in [1.807, 2.05) is 0 Å². The summed E-state index contributed by atoms with van der Waals surface area (Å²) in [5.41, 5.74) is 0.708. The molecule has 1 unspecified atom stereocenters. The number of carbonyl (C=O) groups is 3. The minimum Gasteiger partial charge on any atom is -0.497 e. The number of Topliss-reactive ketones (excluding diaryl/α,β-unsaturated/α-hetero) is 1. The predicted octanol–water partition coefficient (Wildman–Crippen LogP) is 2.87. The van der Waals surface area contributed by atoms with Gasteiger partial charge in [0.25, 0.3) is 5.91 Å². The molecule has 182 valence electrons. The lowest BCUT2D eigenvalue weighted by Gasteiger charge is -2.30. The van der Waals surface area contributed by atoms with Crippen molar-refractivity contribution >= 4 is 33.4 Å². The van der Waals surface area contributed by atoms with Gasteiger partial charge in [-0.15, -0.1) is 0 Å². The molecule has 1 heterocycles. The van der Waals surface area contributed by atoms with Crippen LogP contribution in [0.1, 0.15) is 37.0 Å². The van der Waals surface area contributed by atoms with Gasteiger partial charge in [0.1, 0.15) is 5.75 Å². The topological polar surface area (TPSA) is 119 Å². The van der Waals surface area contributed by atoms with Gasteiger partial charge in [-0.2, -0.15) is 4.31 Å². The molecule has 0 saturated carbocycles. The van der Waals surface area contributed by atoms with E-state index in [1.54, 1.807) is 36.4 Å². The fourth-order valence-corrected chi connectivity index (χ4v) is 5.16. The molecule has 1 fully saturated rings. The molecular weight excluding hydrogens is 460 g/mol. The number of ether oxygens (including phenoxy) is 2. The van der Waals surface area contributed by atoms with Gasteiger partial charge in [-0.1, -0.05) is 12.1 Å². The molecule has 1 N–H and O–H groups in total. The van der Waals surface area contributed by atoms with E-state index in [-0.39, 0.29) is 36.6 Å². The first-order valence-corrected chi connectivity index (χ1v) is 12.3. The zero-order chi connectivity index (χ0) is 24.9. The Bertz CT molecular complexity index is 1150. The van der Waals surface area contributed by atoms with E-state index >= 15 is 0 Å². The molecule has 1 saturated heterocycles. The zero-order valence-electron chi connectivity index (χ0n) is 19.3. The van der Waals surface area contributed by atoms with Crippen LogP contribution in [0.3, 0.4) is 0 Å². The van der Waals surface area contributed by atoms with Crippen molar-refractivity contribution in [3.63, 3.8) is 0 Å². The second kappa shape index (κ2) is 10.8. The third-order valence-corrected chi connectivity index (χ3v) is 7.62. The second-order valence-corrected chi connectivity index (χ2v) is 9.96. The molecule has 3 rings (SSSR count). The van der Waals surface area contributed by atoms with E-state index in [4.69, 9.17) is 9.47 Å². The summed E-state index contributed by atoms with van der Waals surface area (Å²) in [6.07, 6.45) is -0.501. The number of esters is 1. The Morgan fingerprint density at radius 2 is 1.65 bits per heavy atom. The lowest BCUT2D eigenvalue weighted by Crippen LogP contribution is -2.41. The second-order valence-electron chi connectivity index (χ2n) is 8.02. The molecular formula is C24H28N2O7S. The van der Waals surface area contributed by atoms with Crippen LogP contribution in [0.15, 0.2) is 53.4 Å². The number of piperidine rings is 1. The third-order valence-electron chi connectivity index (χ3n) is 5.71. The Labute approximate surface area is 199 Å². The molecule has 34 heavy (non-hydrogen) atoms. The first-order chi connectivity index (χ1) is 16.1. The minimum absolute atomic E-state index is 0.158. The maximum Gasteiger partial charge on any atom is 0.309 e. The van der Waals surface area contributed by atoms with Gasteiger partial charge in [0.05, 0.1) is 23.6 Å². The van der Waals surface area contributed by atoms with Crippen molar-refractivity contribution in [1.29, 1.82) is 0 Å². The third kappa shape index (κ3) is 5.81. The molecule has 0 aromatic heterocycles. The van der Waals surface area contributed by atoms with E-state index in [2.05, 4.69) is 5.32 Å². The Hall–Kier alpha value is -3.24. The molecule has 0 aliphatic carbocycles. The van der Waals surface area contributed by atoms with Gasteiger partial charge < -0.3 is 14.8 Å². The summed E-state index contributed by atoms with van der Waals surface area (Å²) in [7, 11) is -2.18. The number of ketones is 1. The van der Waals surface area contributed by atoms with Crippen molar-refractivity contribution in [1.82, 2.24) is 4.31 Å². The van der Waals surface area contributed by atoms with Crippen LogP contribution in [0.2, 0.25) is 0 Å². The Morgan fingerprint density at radius 1 is 1.03 bits per heavy atom. The summed E-state index contributed by atoms with van der Waals surface area (Å²) in [5.74, 6) is -1.26. The SMILES string of the molecule is COc1ccc(S(=O)(=O)N2CCC(C(=O)OC(C)C(=O)Nc3ccccc3C(C)=O)CC2)cc1. The van der Waals surface area contributed by atoms with E-state index in [0.717, 1.165) is 0 Å². The Morgan fingerprint density at radius 3 is 2.24 bits per heavy atom. The number of hydrogen-bond donors (Lipinski definition) is 1. The molecule has 1 atom stereocenters. The molecule has 2 aromatic carbocycles. The number of hydrogen-bond acceptors (Lipinski definition) is 7. The van der Waals surface area contributed by atoms with Gasteiger partial charge in [-0.05, 0) is 63.1 Å². The summed E-state index contributed by atoms with van der Waals surface area (Å²) in [6, 6.07) is 12.7. The van der Waals surface area contributed by atoms with Crippen LogP contribution in [0.4, 0.5) is 5.69 Å². The molecule has 1 amide bonds. The average molecular weight is 489 g/mol. The largest absolute Gasteiger partial charge is 0.497 e. The van der Waals surface area contributed by atoms with Crippen molar-refractivity contribution in [2.75, 3.05) is 25.5 Å². The van der Waals surface area contributed by atoms with Crippen LogP contribution in [-0.2, 0) is 24.3 Å². The average Bonchev–Trinajstić information content (AvgIpc) is 2.84. The smallest absolute Gasteiger partial charge is 0.309 e. The van der Waals surface area contributed by atoms with E-state index in [1.165, 1.54) is 37.4 Å². The number of nitrogens with zero attached hydrogens (tertiary/aromatic N) is 1. The van der Waals surface area contributed by atoms with Gasteiger partial charge in [0.15, 0.2) is 11.9 Å². The quantitative estimate of drug-likeness (QED) is 0.448. The Kier molecular flexibility index (Phi) is 8.06. The number of rotatable bonds is 8. The fraction of sp³-hybridized carbons (Fsp3) is 0.375. The summed E-state index contributed by atoms with van der Waals surface area (Å²) < 4.78 is 37.5. The van der Waals surface area contributed by atoms with E-state index in [9.17, 15) is 22.8 Å². The number of methoxy groups -OCH3 is 1.